The summed E-state index contributed by atoms with van der Waals surface area (Å²) in [5.74, 6) is 1.66. The molecule has 2 bridgehead atoms. The first-order valence-electron chi connectivity index (χ1n) is 11.6. The summed E-state index contributed by atoms with van der Waals surface area (Å²) >= 11 is 0. The smallest absolute Gasteiger partial charge is 0.226 e. The number of fused-ring (bicyclic) bond motifs is 3. The summed E-state index contributed by atoms with van der Waals surface area (Å²) in [5, 5.41) is 1.17. The van der Waals surface area contributed by atoms with Gasteiger partial charge in [-0.3, -0.25) is 9.78 Å². The molecule has 3 aliphatic rings. The van der Waals surface area contributed by atoms with Gasteiger partial charge in [0.05, 0.1) is 5.52 Å². The van der Waals surface area contributed by atoms with Gasteiger partial charge < -0.3 is 9.64 Å². The number of ether oxygens (including phenoxy) is 1. The van der Waals surface area contributed by atoms with Gasteiger partial charge in [0.2, 0.25) is 5.91 Å². The van der Waals surface area contributed by atoms with E-state index in [1.165, 1.54) is 22.1 Å². The number of pyridine rings is 1. The zero-order valence-electron chi connectivity index (χ0n) is 18.0. The normalized spacial score (nSPS) is 25.1. The Kier molecular flexibility index (Phi) is 4.48. The topological polar surface area (TPSA) is 42.4 Å². The lowest BCUT2D eigenvalue weighted by Gasteiger charge is -2.39. The number of rotatable bonds is 4. The van der Waals surface area contributed by atoms with E-state index >= 15 is 0 Å². The van der Waals surface area contributed by atoms with E-state index in [4.69, 9.17) is 4.74 Å². The monoisotopic (exact) mass is 412 g/mol. The van der Waals surface area contributed by atoms with E-state index in [-0.39, 0.29) is 6.10 Å². The number of nitrogens with zero attached hydrogens (tertiary/aromatic N) is 2. The molecular weight excluding hydrogens is 384 g/mol. The predicted molar refractivity (Wildman–Crippen MR) is 122 cm³/mol. The molecule has 2 saturated heterocycles. The van der Waals surface area contributed by atoms with Crippen LogP contribution in [0.1, 0.15) is 44.1 Å². The molecule has 4 nitrogen and oxygen atoms in total. The number of benzene rings is 2. The summed E-state index contributed by atoms with van der Waals surface area (Å²) in [5.41, 5.74) is 4.66. The van der Waals surface area contributed by atoms with Crippen molar-refractivity contribution in [2.45, 2.75) is 63.6 Å². The van der Waals surface area contributed by atoms with Gasteiger partial charge >= 0.3 is 0 Å². The van der Waals surface area contributed by atoms with Crippen molar-refractivity contribution < 1.29 is 9.53 Å². The molecular formula is C27H28N2O2. The van der Waals surface area contributed by atoms with E-state index < -0.39 is 0 Å². The number of carbonyl (C=O) groups excluding carboxylic acids is 1. The van der Waals surface area contributed by atoms with Crippen LogP contribution in [0.2, 0.25) is 0 Å². The Morgan fingerprint density at radius 2 is 1.71 bits per heavy atom. The number of carbonyl (C=O) groups is 1. The van der Waals surface area contributed by atoms with Crippen molar-refractivity contribution in [1.29, 1.82) is 0 Å². The van der Waals surface area contributed by atoms with Gasteiger partial charge in [0.1, 0.15) is 11.9 Å². The third-order valence-corrected chi connectivity index (χ3v) is 7.37. The van der Waals surface area contributed by atoms with Crippen molar-refractivity contribution >= 4 is 16.8 Å². The number of hydrogen-bond acceptors (Lipinski definition) is 3. The van der Waals surface area contributed by atoms with E-state index in [0.717, 1.165) is 49.8 Å². The van der Waals surface area contributed by atoms with Gasteiger partial charge in [-0.25, -0.2) is 0 Å². The Labute approximate surface area is 183 Å². The van der Waals surface area contributed by atoms with Crippen LogP contribution in [0.15, 0.2) is 54.7 Å². The van der Waals surface area contributed by atoms with Crippen LogP contribution in [0, 0.1) is 12.8 Å². The Morgan fingerprint density at radius 3 is 2.42 bits per heavy atom. The molecule has 31 heavy (non-hydrogen) atoms. The SMILES string of the molecule is Cc1c(-c2ccc(O[C@H]3C[C@H]4CC[C@@H](C3)N4C(=O)C3CC3)cc2)ccc2cccnc12. The zero-order valence-corrected chi connectivity index (χ0v) is 18.0. The highest BCUT2D eigenvalue weighted by Crippen LogP contribution is 2.42. The fourth-order valence-electron chi connectivity index (χ4n) is 5.63. The lowest BCUT2D eigenvalue weighted by Crippen LogP contribution is -2.49. The molecule has 1 aromatic heterocycles. The molecule has 1 aliphatic carbocycles. The molecule has 0 N–H and O–H groups in total. The third-order valence-electron chi connectivity index (χ3n) is 7.37. The second kappa shape index (κ2) is 7.37. The minimum absolute atomic E-state index is 0.207. The molecule has 2 aromatic carbocycles. The molecule has 1 saturated carbocycles. The minimum atomic E-state index is 0.207. The van der Waals surface area contributed by atoms with Gasteiger partial charge in [-0.1, -0.05) is 30.3 Å². The molecule has 0 radical (unpaired) electrons. The molecule has 1 amide bonds. The molecule has 6 rings (SSSR count). The van der Waals surface area contributed by atoms with E-state index in [1.54, 1.807) is 0 Å². The van der Waals surface area contributed by atoms with Gasteiger partial charge in [0.15, 0.2) is 0 Å². The van der Waals surface area contributed by atoms with E-state index in [1.807, 2.05) is 12.3 Å². The fourth-order valence-corrected chi connectivity index (χ4v) is 5.63. The average Bonchev–Trinajstić information content (AvgIpc) is 3.60. The van der Waals surface area contributed by atoms with Crippen LogP contribution in [-0.4, -0.2) is 34.0 Å². The van der Waals surface area contributed by atoms with Crippen molar-refractivity contribution in [3.05, 3.63) is 60.3 Å². The number of amides is 1. The molecule has 3 aromatic rings. The lowest BCUT2D eigenvalue weighted by atomic mass is 9.97. The van der Waals surface area contributed by atoms with Gasteiger partial charge in [-0.05, 0) is 67.5 Å². The molecule has 0 spiro atoms. The molecule has 4 heteroatoms. The number of aryl methyl sites for hydroxylation is 1. The zero-order chi connectivity index (χ0) is 20.9. The maximum absolute atomic E-state index is 12.6. The van der Waals surface area contributed by atoms with Crippen molar-refractivity contribution in [3.8, 4) is 16.9 Å². The van der Waals surface area contributed by atoms with E-state index in [2.05, 4.69) is 59.3 Å². The first-order chi connectivity index (χ1) is 15.2. The first-order valence-corrected chi connectivity index (χ1v) is 11.6. The summed E-state index contributed by atoms with van der Waals surface area (Å²) in [6.07, 6.45) is 8.44. The van der Waals surface area contributed by atoms with Crippen LogP contribution >= 0.6 is 0 Å². The van der Waals surface area contributed by atoms with Gasteiger partial charge in [-0.2, -0.15) is 0 Å². The second-order valence-corrected chi connectivity index (χ2v) is 9.45. The highest BCUT2D eigenvalue weighted by atomic mass is 16.5. The van der Waals surface area contributed by atoms with Gasteiger partial charge in [0, 0.05) is 42.4 Å². The second-order valence-electron chi connectivity index (χ2n) is 9.45. The standard InChI is InChI=1S/C27H28N2O2/c1-17-25(13-8-19-3-2-14-28-26(17)19)18-6-11-23(12-7-18)31-24-15-21-9-10-22(16-24)29(21)27(30)20-4-5-20/h2-3,6-8,11-14,20-22,24H,4-5,9-10,15-16H2,1H3/t21-,22+,24+. The summed E-state index contributed by atoms with van der Waals surface area (Å²) in [6, 6.07) is 17.6. The first kappa shape index (κ1) is 18.9. The maximum Gasteiger partial charge on any atom is 0.226 e. The molecule has 0 unspecified atom stereocenters. The number of piperidine rings is 1. The van der Waals surface area contributed by atoms with Gasteiger partial charge in [0.25, 0.3) is 0 Å². The third kappa shape index (κ3) is 3.38. The summed E-state index contributed by atoms with van der Waals surface area (Å²) in [7, 11) is 0. The Bertz CT molecular complexity index is 1120. The molecule has 158 valence electrons. The summed E-state index contributed by atoms with van der Waals surface area (Å²) in [4.78, 5) is 19.4. The van der Waals surface area contributed by atoms with Crippen LogP contribution in [0.3, 0.4) is 0 Å². The Balaban J connectivity index is 1.17. The van der Waals surface area contributed by atoms with Crippen molar-refractivity contribution in [3.63, 3.8) is 0 Å². The van der Waals surface area contributed by atoms with Crippen molar-refractivity contribution in [1.82, 2.24) is 9.88 Å². The Hall–Kier alpha value is -2.88. The quantitative estimate of drug-likeness (QED) is 0.567. The number of aromatic nitrogens is 1. The molecule has 3 fully saturated rings. The summed E-state index contributed by atoms with van der Waals surface area (Å²) in [6.45, 7) is 2.14. The molecule has 3 heterocycles. The highest BCUT2D eigenvalue weighted by Gasteiger charge is 2.47. The van der Waals surface area contributed by atoms with E-state index in [9.17, 15) is 4.79 Å². The predicted octanol–water partition coefficient (Wildman–Crippen LogP) is 5.52. The van der Waals surface area contributed by atoms with Crippen LogP contribution in [0.5, 0.6) is 5.75 Å². The van der Waals surface area contributed by atoms with Crippen LogP contribution in [0.25, 0.3) is 22.0 Å². The average molecular weight is 413 g/mol. The Morgan fingerprint density at radius 1 is 0.968 bits per heavy atom. The lowest BCUT2D eigenvalue weighted by molar-refractivity contribution is -0.138. The highest BCUT2D eigenvalue weighted by molar-refractivity contribution is 5.88. The van der Waals surface area contributed by atoms with Crippen LogP contribution < -0.4 is 4.74 Å². The van der Waals surface area contributed by atoms with E-state index in [0.29, 0.717) is 23.9 Å². The van der Waals surface area contributed by atoms with Crippen molar-refractivity contribution in [2.75, 3.05) is 0 Å². The minimum Gasteiger partial charge on any atom is -0.490 e. The summed E-state index contributed by atoms with van der Waals surface area (Å²) < 4.78 is 6.38. The van der Waals surface area contributed by atoms with Gasteiger partial charge in [-0.15, -0.1) is 0 Å². The van der Waals surface area contributed by atoms with Crippen molar-refractivity contribution in [2.24, 2.45) is 5.92 Å². The maximum atomic E-state index is 12.6. The largest absolute Gasteiger partial charge is 0.490 e. The fraction of sp³-hybridized carbons (Fsp3) is 0.407. The molecule has 3 atom stereocenters. The molecule has 2 aliphatic heterocycles. The number of hydrogen-bond donors (Lipinski definition) is 0. The van der Waals surface area contributed by atoms with Crippen LogP contribution in [0.4, 0.5) is 0 Å². The van der Waals surface area contributed by atoms with Crippen LogP contribution in [-0.2, 0) is 4.79 Å².